The van der Waals surface area contributed by atoms with Crippen LogP contribution in [0.25, 0.3) is 0 Å². The third-order valence-electron chi connectivity index (χ3n) is 5.15. The Morgan fingerprint density at radius 3 is 2.96 bits per heavy atom. The van der Waals surface area contributed by atoms with Gasteiger partial charge in [0, 0.05) is 38.3 Å². The van der Waals surface area contributed by atoms with Crippen LogP contribution in [-0.2, 0) is 13.0 Å². The molecule has 1 atom stereocenters. The van der Waals surface area contributed by atoms with Crippen LogP contribution in [0.2, 0.25) is 0 Å². The number of hydrogen-bond acceptors (Lipinski definition) is 4. The van der Waals surface area contributed by atoms with Crippen LogP contribution in [0.15, 0.2) is 18.2 Å². The van der Waals surface area contributed by atoms with Crippen molar-refractivity contribution >= 4 is 11.7 Å². The van der Waals surface area contributed by atoms with E-state index < -0.39 is 0 Å². The molecule has 0 unspecified atom stereocenters. The third-order valence-corrected chi connectivity index (χ3v) is 5.15. The first-order valence-corrected chi connectivity index (χ1v) is 9.08. The minimum absolute atomic E-state index is 0.0638. The Bertz CT molecular complexity index is 649. The van der Waals surface area contributed by atoms with Gasteiger partial charge in [0.25, 0.3) is 5.69 Å². The average molecular weight is 346 g/mol. The number of hydrogen-bond donors (Lipinski definition) is 1. The van der Waals surface area contributed by atoms with E-state index in [4.69, 9.17) is 0 Å². The molecular formula is C18H26N4O3. The lowest BCUT2D eigenvalue weighted by molar-refractivity contribution is -0.385. The van der Waals surface area contributed by atoms with E-state index in [0.29, 0.717) is 25.6 Å². The first-order valence-electron chi connectivity index (χ1n) is 9.08. The second kappa shape index (κ2) is 7.82. The number of nitrogens with one attached hydrogen (secondary N) is 1. The molecule has 7 nitrogen and oxygen atoms in total. The molecule has 1 fully saturated rings. The van der Waals surface area contributed by atoms with Crippen LogP contribution >= 0.6 is 0 Å². The highest BCUT2D eigenvalue weighted by Crippen LogP contribution is 2.24. The molecule has 0 aromatic heterocycles. The number of rotatable bonds is 5. The fraction of sp³-hybridized carbons (Fsp3) is 0.611. The monoisotopic (exact) mass is 346 g/mol. The molecule has 2 amide bonds. The van der Waals surface area contributed by atoms with Gasteiger partial charge in [0.1, 0.15) is 0 Å². The van der Waals surface area contributed by atoms with Crippen LogP contribution in [-0.4, -0.2) is 53.5 Å². The number of nitro benzene ring substituents is 1. The molecule has 2 aliphatic rings. The number of benzene rings is 1. The number of carbonyl (C=O) groups is 1. The largest absolute Gasteiger partial charge is 0.338 e. The normalized spacial score (nSPS) is 20.4. The molecule has 0 radical (unpaired) electrons. The van der Waals surface area contributed by atoms with Gasteiger partial charge in [-0.05, 0) is 49.4 Å². The van der Waals surface area contributed by atoms with Crippen molar-refractivity contribution in [1.82, 2.24) is 15.1 Å². The zero-order valence-corrected chi connectivity index (χ0v) is 14.7. The van der Waals surface area contributed by atoms with E-state index in [9.17, 15) is 14.9 Å². The number of likely N-dealkylation sites (tertiary alicyclic amines) is 1. The van der Waals surface area contributed by atoms with Gasteiger partial charge in [0.05, 0.1) is 4.92 Å². The van der Waals surface area contributed by atoms with Crippen LogP contribution in [0, 0.1) is 16.0 Å². The van der Waals surface area contributed by atoms with Crippen molar-refractivity contribution < 1.29 is 9.72 Å². The van der Waals surface area contributed by atoms with Crippen LogP contribution in [0.4, 0.5) is 10.5 Å². The second-order valence-corrected chi connectivity index (χ2v) is 7.02. The van der Waals surface area contributed by atoms with E-state index in [1.54, 1.807) is 11.0 Å². The van der Waals surface area contributed by atoms with Gasteiger partial charge in [-0.2, -0.15) is 0 Å². The average Bonchev–Trinajstić information content (AvgIpc) is 3.06. The van der Waals surface area contributed by atoms with E-state index in [1.807, 2.05) is 6.07 Å². The predicted octanol–water partition coefficient (Wildman–Crippen LogP) is 2.39. The van der Waals surface area contributed by atoms with Crippen LogP contribution in [0.1, 0.15) is 30.9 Å². The predicted molar refractivity (Wildman–Crippen MR) is 95.4 cm³/mol. The van der Waals surface area contributed by atoms with Gasteiger partial charge >= 0.3 is 6.03 Å². The van der Waals surface area contributed by atoms with Gasteiger partial charge in [-0.15, -0.1) is 0 Å². The van der Waals surface area contributed by atoms with Gasteiger partial charge in [0.2, 0.25) is 0 Å². The molecule has 1 aromatic rings. The lowest BCUT2D eigenvalue weighted by Crippen LogP contribution is -2.44. The molecule has 0 aliphatic carbocycles. The zero-order chi connectivity index (χ0) is 17.8. The maximum atomic E-state index is 12.5. The van der Waals surface area contributed by atoms with Gasteiger partial charge in [-0.3, -0.25) is 10.1 Å². The summed E-state index contributed by atoms with van der Waals surface area (Å²) in [6.45, 7) is 7.30. The summed E-state index contributed by atoms with van der Waals surface area (Å²) in [7, 11) is 0. The van der Waals surface area contributed by atoms with E-state index in [-0.39, 0.29) is 16.6 Å². The summed E-state index contributed by atoms with van der Waals surface area (Å²) in [5.41, 5.74) is 2.06. The van der Waals surface area contributed by atoms with E-state index in [1.165, 1.54) is 12.5 Å². The lowest BCUT2D eigenvalue weighted by atomic mass is 9.99. The van der Waals surface area contributed by atoms with E-state index >= 15 is 0 Å². The molecule has 0 spiro atoms. The van der Waals surface area contributed by atoms with Gasteiger partial charge < -0.3 is 15.1 Å². The Morgan fingerprint density at radius 1 is 1.36 bits per heavy atom. The topological polar surface area (TPSA) is 78.7 Å². The van der Waals surface area contributed by atoms with Crippen LogP contribution in [0.5, 0.6) is 0 Å². The minimum atomic E-state index is -0.387. The minimum Gasteiger partial charge on any atom is -0.338 e. The summed E-state index contributed by atoms with van der Waals surface area (Å²) in [6, 6.07) is 4.88. The van der Waals surface area contributed by atoms with Gasteiger partial charge in [-0.25, -0.2) is 4.79 Å². The summed E-state index contributed by atoms with van der Waals surface area (Å²) in [5, 5.41) is 14.0. The molecule has 1 N–H and O–H groups in total. The summed E-state index contributed by atoms with van der Waals surface area (Å²) in [6.07, 6.45) is 3.04. The molecule has 1 aromatic carbocycles. The Labute approximate surface area is 148 Å². The molecular weight excluding hydrogens is 320 g/mol. The summed E-state index contributed by atoms with van der Waals surface area (Å²) < 4.78 is 0. The summed E-state index contributed by atoms with van der Waals surface area (Å²) >= 11 is 0. The molecule has 0 bridgehead atoms. The molecule has 2 heterocycles. The molecule has 0 saturated carbocycles. The molecule has 1 saturated heterocycles. The van der Waals surface area contributed by atoms with Crippen LogP contribution in [0.3, 0.4) is 0 Å². The SMILES string of the molecule is CCCN1CC[C@H](CNC(=O)N2CCc3ccc([N+](=O)[O-])cc3C2)C1. The quantitative estimate of drug-likeness (QED) is 0.656. The molecule has 3 rings (SSSR count). The maximum absolute atomic E-state index is 12.5. The highest BCUT2D eigenvalue weighted by molar-refractivity contribution is 5.74. The fourth-order valence-corrected chi connectivity index (χ4v) is 3.77. The van der Waals surface area contributed by atoms with Gasteiger partial charge in [-0.1, -0.05) is 13.0 Å². The molecule has 136 valence electrons. The van der Waals surface area contributed by atoms with Crippen molar-refractivity contribution in [1.29, 1.82) is 0 Å². The van der Waals surface area contributed by atoms with E-state index in [0.717, 1.165) is 43.6 Å². The van der Waals surface area contributed by atoms with Crippen molar-refractivity contribution in [3.8, 4) is 0 Å². The van der Waals surface area contributed by atoms with Crippen molar-refractivity contribution in [2.24, 2.45) is 5.92 Å². The van der Waals surface area contributed by atoms with E-state index in [2.05, 4.69) is 17.1 Å². The number of nitro groups is 1. The number of fused-ring (bicyclic) bond motifs is 1. The molecule has 25 heavy (non-hydrogen) atoms. The zero-order valence-electron chi connectivity index (χ0n) is 14.7. The Hall–Kier alpha value is -2.15. The highest BCUT2D eigenvalue weighted by atomic mass is 16.6. The second-order valence-electron chi connectivity index (χ2n) is 7.02. The third kappa shape index (κ3) is 4.28. The first kappa shape index (κ1) is 17.7. The number of amides is 2. The fourth-order valence-electron chi connectivity index (χ4n) is 3.77. The standard InChI is InChI=1S/C18H26N4O3/c1-2-7-20-8-5-14(12-20)11-19-18(23)21-9-6-15-3-4-17(22(24)25)10-16(15)13-21/h3-4,10,14H,2,5-9,11-13H2,1H3,(H,19,23)/t14-/m1/s1. The van der Waals surface area contributed by atoms with Gasteiger partial charge in [0.15, 0.2) is 0 Å². The lowest BCUT2D eigenvalue weighted by Gasteiger charge is -2.29. The number of nitrogens with zero attached hydrogens (tertiary/aromatic N) is 3. The highest BCUT2D eigenvalue weighted by Gasteiger charge is 2.25. The smallest absolute Gasteiger partial charge is 0.317 e. The Morgan fingerprint density at radius 2 is 2.20 bits per heavy atom. The first-order chi connectivity index (χ1) is 12.1. The Balaban J connectivity index is 1.52. The summed E-state index contributed by atoms with van der Waals surface area (Å²) in [4.78, 5) is 27.2. The Kier molecular flexibility index (Phi) is 5.53. The number of urea groups is 1. The maximum Gasteiger partial charge on any atom is 0.317 e. The number of non-ortho nitro benzene ring substituents is 1. The van der Waals surface area contributed by atoms with Crippen molar-refractivity contribution in [3.05, 3.63) is 39.4 Å². The van der Waals surface area contributed by atoms with Crippen molar-refractivity contribution in [2.45, 2.75) is 32.7 Å². The van der Waals surface area contributed by atoms with Crippen LogP contribution < -0.4 is 5.32 Å². The van der Waals surface area contributed by atoms with Crippen molar-refractivity contribution in [3.63, 3.8) is 0 Å². The molecule has 2 aliphatic heterocycles. The number of carbonyl (C=O) groups excluding carboxylic acids is 1. The summed E-state index contributed by atoms with van der Waals surface area (Å²) in [5.74, 6) is 0.522. The van der Waals surface area contributed by atoms with Crippen molar-refractivity contribution in [2.75, 3.05) is 32.7 Å². The molecule has 7 heteroatoms.